The zero-order valence-electron chi connectivity index (χ0n) is 7.79. The van der Waals surface area contributed by atoms with Crippen LogP contribution in [0.2, 0.25) is 0 Å². The van der Waals surface area contributed by atoms with Gasteiger partial charge in [-0.25, -0.2) is 4.79 Å². The predicted octanol–water partition coefficient (Wildman–Crippen LogP) is -1.56. The quantitative estimate of drug-likeness (QED) is 0.519. The molecule has 0 radical (unpaired) electrons. The van der Waals surface area contributed by atoms with Gasteiger partial charge in [0.1, 0.15) is 6.10 Å². The van der Waals surface area contributed by atoms with Crippen LogP contribution < -0.4 is 10.4 Å². The Hall–Kier alpha value is -1.65. The summed E-state index contributed by atoms with van der Waals surface area (Å²) < 4.78 is 0. The van der Waals surface area contributed by atoms with Crippen molar-refractivity contribution in [1.82, 2.24) is 0 Å². The summed E-state index contributed by atoms with van der Waals surface area (Å²) >= 11 is 0. The largest absolute Gasteiger partial charge is 0.479 e. The number of aliphatic carboxylic acids is 1. The van der Waals surface area contributed by atoms with E-state index in [1.807, 2.05) is 0 Å². The summed E-state index contributed by atoms with van der Waals surface area (Å²) in [6.07, 6.45) is 1.07. The molecule has 15 heavy (non-hydrogen) atoms. The van der Waals surface area contributed by atoms with Crippen LogP contribution in [0.25, 0.3) is 12.2 Å². The highest BCUT2D eigenvalue weighted by Gasteiger charge is 2.41. The normalized spacial score (nSPS) is 28.5. The maximum Gasteiger partial charge on any atom is 0.342 e. The molecule has 0 aliphatic heterocycles. The molecule has 3 N–H and O–H groups in total. The van der Waals surface area contributed by atoms with Crippen LogP contribution in [0, 0.1) is 0 Å². The molecule has 78 valence electrons. The molecule has 4 nitrogen and oxygen atoms in total. The molecule has 0 aromatic heterocycles. The number of aliphatic hydroxyl groups is 2. The molecule has 1 aliphatic rings. The van der Waals surface area contributed by atoms with Crippen molar-refractivity contribution in [2.45, 2.75) is 11.7 Å². The van der Waals surface area contributed by atoms with E-state index in [1.54, 1.807) is 24.3 Å². The lowest BCUT2D eigenvalue weighted by Gasteiger charge is -2.25. The summed E-state index contributed by atoms with van der Waals surface area (Å²) in [4.78, 5) is 10.8. The van der Waals surface area contributed by atoms with Gasteiger partial charge in [0.15, 0.2) is 0 Å². The Morgan fingerprint density at radius 2 is 1.87 bits per heavy atom. The molecule has 1 aromatic carbocycles. The van der Waals surface area contributed by atoms with Crippen molar-refractivity contribution < 1.29 is 20.1 Å². The molecule has 0 fully saturated rings. The van der Waals surface area contributed by atoms with E-state index in [0.29, 0.717) is 5.22 Å². The molecule has 0 amide bonds. The number of carboxylic acid groups (broad SMARTS) is 1. The third kappa shape index (κ3) is 1.44. The van der Waals surface area contributed by atoms with E-state index in [0.717, 1.165) is 11.3 Å². The van der Waals surface area contributed by atoms with E-state index in [-0.39, 0.29) is 0 Å². The zero-order valence-corrected chi connectivity index (χ0v) is 7.79. The van der Waals surface area contributed by atoms with Gasteiger partial charge in [-0.2, -0.15) is 0 Å². The third-order valence-electron chi connectivity index (χ3n) is 2.50. The molecule has 0 saturated carbocycles. The average Bonchev–Trinajstić information content (AvgIpc) is 2.19. The fraction of sp³-hybridized carbons (Fsp3) is 0.182. The van der Waals surface area contributed by atoms with Gasteiger partial charge in [-0.3, -0.25) is 0 Å². The first-order valence-electron chi connectivity index (χ1n) is 4.47. The van der Waals surface area contributed by atoms with Crippen molar-refractivity contribution in [2.75, 3.05) is 0 Å². The number of hydrogen-bond acceptors (Lipinski definition) is 3. The standard InChI is InChI=1S/C11H10O4/c12-9-5-7-3-1-2-4-8(7)6-11(9,15)10(13)14/h1-6,9,12,15H,(H,13,14). The van der Waals surface area contributed by atoms with E-state index in [2.05, 4.69) is 0 Å². The lowest BCUT2D eigenvalue weighted by atomic mass is 9.90. The minimum atomic E-state index is -2.23. The SMILES string of the molecule is O=C(O)C1(O)C=c2ccccc2=CC1O. The third-order valence-corrected chi connectivity index (χ3v) is 2.50. The van der Waals surface area contributed by atoms with Gasteiger partial charge in [-0.1, -0.05) is 24.3 Å². The first-order chi connectivity index (χ1) is 7.04. The van der Waals surface area contributed by atoms with Crippen LogP contribution in [0.1, 0.15) is 0 Å². The van der Waals surface area contributed by atoms with Gasteiger partial charge in [0.2, 0.25) is 5.60 Å². The van der Waals surface area contributed by atoms with Gasteiger partial charge in [-0.15, -0.1) is 0 Å². The predicted molar refractivity (Wildman–Crippen MR) is 53.2 cm³/mol. The van der Waals surface area contributed by atoms with Crippen LogP contribution in [0.4, 0.5) is 0 Å². The summed E-state index contributed by atoms with van der Waals surface area (Å²) in [5, 5.41) is 29.4. The summed E-state index contributed by atoms with van der Waals surface area (Å²) in [5.41, 5.74) is -2.23. The second-order valence-electron chi connectivity index (χ2n) is 3.52. The van der Waals surface area contributed by atoms with E-state index in [9.17, 15) is 15.0 Å². The Morgan fingerprint density at radius 3 is 2.47 bits per heavy atom. The molecule has 0 saturated heterocycles. The molecule has 4 heteroatoms. The van der Waals surface area contributed by atoms with Gasteiger partial charge < -0.3 is 15.3 Å². The summed E-state index contributed by atoms with van der Waals surface area (Å²) in [5.74, 6) is -1.46. The van der Waals surface area contributed by atoms with Crippen molar-refractivity contribution in [3.63, 3.8) is 0 Å². The Bertz CT molecular complexity index is 520. The highest BCUT2D eigenvalue weighted by atomic mass is 16.4. The fourth-order valence-electron chi connectivity index (χ4n) is 1.60. The number of benzene rings is 1. The zero-order chi connectivity index (χ0) is 11.1. The topological polar surface area (TPSA) is 77.8 Å². The molecule has 0 spiro atoms. The number of carbonyl (C=O) groups is 1. The summed E-state index contributed by atoms with van der Waals surface area (Å²) in [7, 11) is 0. The van der Waals surface area contributed by atoms with Crippen LogP contribution in [-0.2, 0) is 4.79 Å². The molecular formula is C11H10O4. The van der Waals surface area contributed by atoms with Gasteiger partial charge >= 0.3 is 5.97 Å². The monoisotopic (exact) mass is 206 g/mol. The van der Waals surface area contributed by atoms with E-state index < -0.39 is 17.7 Å². The van der Waals surface area contributed by atoms with Crippen molar-refractivity contribution in [3.8, 4) is 0 Å². The van der Waals surface area contributed by atoms with E-state index >= 15 is 0 Å². The van der Waals surface area contributed by atoms with Crippen LogP contribution in [0.15, 0.2) is 24.3 Å². The Labute approximate surface area is 85.4 Å². The second-order valence-corrected chi connectivity index (χ2v) is 3.52. The number of rotatable bonds is 1. The molecule has 2 rings (SSSR count). The van der Waals surface area contributed by atoms with Gasteiger partial charge in [0, 0.05) is 0 Å². The van der Waals surface area contributed by atoms with E-state index in [4.69, 9.17) is 5.11 Å². The number of hydrogen-bond donors (Lipinski definition) is 3. The maximum absolute atomic E-state index is 10.8. The molecule has 2 unspecified atom stereocenters. The number of fused-ring (bicyclic) bond motifs is 1. The minimum Gasteiger partial charge on any atom is -0.479 e. The molecule has 2 atom stereocenters. The van der Waals surface area contributed by atoms with Crippen LogP contribution >= 0.6 is 0 Å². The fourth-order valence-corrected chi connectivity index (χ4v) is 1.60. The summed E-state index contributed by atoms with van der Waals surface area (Å²) in [6.45, 7) is 0. The summed E-state index contributed by atoms with van der Waals surface area (Å²) in [6, 6.07) is 6.95. The van der Waals surface area contributed by atoms with Gasteiger partial charge in [0.05, 0.1) is 0 Å². The number of carboxylic acids is 1. The highest BCUT2D eigenvalue weighted by Crippen LogP contribution is 2.16. The van der Waals surface area contributed by atoms with Crippen LogP contribution in [0.5, 0.6) is 0 Å². The molecular weight excluding hydrogens is 196 g/mol. The van der Waals surface area contributed by atoms with Gasteiger partial charge in [0.25, 0.3) is 0 Å². The van der Waals surface area contributed by atoms with Gasteiger partial charge in [-0.05, 0) is 22.6 Å². The Kier molecular flexibility index (Phi) is 2.10. The highest BCUT2D eigenvalue weighted by molar-refractivity contribution is 5.88. The first-order valence-corrected chi connectivity index (χ1v) is 4.47. The van der Waals surface area contributed by atoms with Crippen LogP contribution in [-0.4, -0.2) is 33.0 Å². The van der Waals surface area contributed by atoms with Crippen LogP contribution in [0.3, 0.4) is 0 Å². The average molecular weight is 206 g/mol. The first kappa shape index (κ1) is 9.89. The second kappa shape index (κ2) is 3.18. The van der Waals surface area contributed by atoms with Crippen molar-refractivity contribution in [1.29, 1.82) is 0 Å². The maximum atomic E-state index is 10.8. The van der Waals surface area contributed by atoms with Crippen molar-refractivity contribution >= 4 is 18.1 Å². The smallest absolute Gasteiger partial charge is 0.342 e. The lowest BCUT2D eigenvalue weighted by molar-refractivity contribution is -0.157. The van der Waals surface area contributed by atoms with Crippen molar-refractivity contribution in [3.05, 3.63) is 34.7 Å². The van der Waals surface area contributed by atoms with E-state index in [1.165, 1.54) is 6.08 Å². The minimum absolute atomic E-state index is 0.604. The lowest BCUT2D eigenvalue weighted by Crippen LogP contribution is -2.52. The Morgan fingerprint density at radius 1 is 1.27 bits per heavy atom. The van der Waals surface area contributed by atoms with Crippen molar-refractivity contribution in [2.24, 2.45) is 0 Å². The molecule has 1 aromatic rings. The Balaban J connectivity index is 2.71. The molecule has 0 bridgehead atoms. The number of aliphatic hydroxyl groups excluding tert-OH is 1. The molecule has 0 heterocycles. The molecule has 1 aliphatic carbocycles.